The molecule has 166 valence electrons. The number of amides is 2. The number of hydrogen-bond donors (Lipinski definition) is 0. The molecule has 0 aliphatic carbocycles. The summed E-state index contributed by atoms with van der Waals surface area (Å²) in [5.74, 6) is 6.27. The minimum atomic E-state index is -1.29. The van der Waals surface area contributed by atoms with Gasteiger partial charge < -0.3 is 9.80 Å². The van der Waals surface area contributed by atoms with E-state index < -0.39 is 17.0 Å². The molecule has 2 aromatic carbocycles. The summed E-state index contributed by atoms with van der Waals surface area (Å²) in [7, 11) is -1.29. The normalized spacial score (nSPS) is 19.7. The third-order valence-electron chi connectivity index (χ3n) is 5.65. The minimum Gasteiger partial charge on any atom is -0.333 e. The first-order valence-corrected chi connectivity index (χ1v) is 12.8. The van der Waals surface area contributed by atoms with Crippen molar-refractivity contribution in [3.05, 3.63) is 64.1 Å². The Kier molecular flexibility index (Phi) is 7.09. The van der Waals surface area contributed by atoms with Crippen LogP contribution in [0.25, 0.3) is 0 Å². The van der Waals surface area contributed by atoms with Gasteiger partial charge in [0.1, 0.15) is 12.6 Å². The Hall–Kier alpha value is -2.47. The Morgan fingerprint density at radius 1 is 1.22 bits per heavy atom. The van der Waals surface area contributed by atoms with Gasteiger partial charge in [0.15, 0.2) is 0 Å². The average Bonchev–Trinajstić information content (AvgIpc) is 3.09. The van der Waals surface area contributed by atoms with Crippen molar-refractivity contribution in [2.75, 3.05) is 30.8 Å². The Labute approximate surface area is 199 Å². The van der Waals surface area contributed by atoms with Crippen LogP contribution in [0.3, 0.4) is 0 Å². The van der Waals surface area contributed by atoms with Crippen molar-refractivity contribution in [1.29, 1.82) is 0 Å². The zero-order valence-electron chi connectivity index (χ0n) is 17.8. The lowest BCUT2D eigenvalue weighted by molar-refractivity contribution is -0.132. The lowest BCUT2D eigenvalue weighted by atomic mass is 10.1. The smallest absolute Gasteiger partial charge is 0.246 e. The molecule has 2 aliphatic heterocycles. The van der Waals surface area contributed by atoms with Crippen LogP contribution in [0.1, 0.15) is 24.0 Å². The van der Waals surface area contributed by atoms with Crippen molar-refractivity contribution in [2.24, 2.45) is 0 Å². The van der Waals surface area contributed by atoms with Gasteiger partial charge in [0.25, 0.3) is 0 Å². The molecule has 1 saturated heterocycles. The first kappa shape index (κ1) is 22.7. The third-order valence-corrected chi connectivity index (χ3v) is 7.18. The van der Waals surface area contributed by atoms with Crippen molar-refractivity contribution >= 4 is 44.4 Å². The number of nitrogens with zero attached hydrogens (tertiary/aromatic N) is 3. The van der Waals surface area contributed by atoms with Gasteiger partial charge in [-0.3, -0.25) is 9.59 Å². The van der Waals surface area contributed by atoms with Crippen LogP contribution >= 0.6 is 15.9 Å². The molecule has 0 aromatic heterocycles. The van der Waals surface area contributed by atoms with Crippen LogP contribution in [0.4, 0.5) is 5.69 Å². The van der Waals surface area contributed by atoms with E-state index >= 15 is 0 Å². The molecule has 2 aromatic rings. The van der Waals surface area contributed by atoms with E-state index in [1.807, 2.05) is 52.8 Å². The number of fused-ring (bicyclic) bond motifs is 1. The Morgan fingerprint density at radius 2 is 2.00 bits per heavy atom. The van der Waals surface area contributed by atoms with Crippen LogP contribution in [0, 0.1) is 11.8 Å². The quantitative estimate of drug-likeness (QED) is 0.592. The second kappa shape index (κ2) is 9.99. The first-order valence-electron chi connectivity index (χ1n) is 10.5. The van der Waals surface area contributed by atoms with Crippen molar-refractivity contribution in [2.45, 2.75) is 25.4 Å². The fourth-order valence-electron chi connectivity index (χ4n) is 4.02. The monoisotopic (exact) mass is 513 g/mol. The number of likely N-dealkylation sites (tertiary alicyclic amines) is 1. The Bertz CT molecular complexity index is 1110. The van der Waals surface area contributed by atoms with E-state index in [2.05, 4.69) is 27.8 Å². The summed E-state index contributed by atoms with van der Waals surface area (Å²) in [6, 6.07) is 14.9. The number of halogens is 1. The summed E-state index contributed by atoms with van der Waals surface area (Å²) in [6.45, 7) is 1.32. The number of benzene rings is 2. The molecule has 32 heavy (non-hydrogen) atoms. The molecular formula is C24H24BrN3O3S. The summed E-state index contributed by atoms with van der Waals surface area (Å²) in [5, 5.41) is 0. The van der Waals surface area contributed by atoms with E-state index in [0.29, 0.717) is 19.5 Å². The minimum absolute atomic E-state index is 0.0147. The molecule has 0 saturated carbocycles. The third kappa shape index (κ3) is 5.12. The van der Waals surface area contributed by atoms with E-state index in [1.165, 1.54) is 0 Å². The maximum absolute atomic E-state index is 13.4. The highest BCUT2D eigenvalue weighted by molar-refractivity contribution is 9.10. The zero-order chi connectivity index (χ0) is 22.7. The molecule has 6 nitrogen and oxygen atoms in total. The van der Waals surface area contributed by atoms with Crippen LogP contribution in [-0.4, -0.2) is 57.2 Å². The van der Waals surface area contributed by atoms with Gasteiger partial charge >= 0.3 is 0 Å². The highest BCUT2D eigenvalue weighted by Crippen LogP contribution is 2.31. The highest BCUT2D eigenvalue weighted by atomic mass is 79.9. The number of carbonyl (C=O) groups excluding carboxylic acids is 2. The average molecular weight is 514 g/mol. The lowest BCUT2D eigenvalue weighted by Crippen LogP contribution is -2.46. The molecule has 2 aliphatic rings. The molecule has 2 amide bonds. The van der Waals surface area contributed by atoms with Gasteiger partial charge in [-0.05, 0) is 42.3 Å². The molecule has 1 unspecified atom stereocenters. The maximum Gasteiger partial charge on any atom is 0.246 e. The van der Waals surface area contributed by atoms with Gasteiger partial charge in [0.2, 0.25) is 11.8 Å². The molecule has 0 radical (unpaired) electrons. The molecule has 4 rings (SSSR count). The molecule has 0 N–H and O–H groups in total. The lowest BCUT2D eigenvalue weighted by Gasteiger charge is -2.28. The van der Waals surface area contributed by atoms with Gasteiger partial charge in [0.05, 0.1) is 17.5 Å². The molecule has 2 atom stereocenters. The second-order valence-electron chi connectivity index (χ2n) is 7.85. The largest absolute Gasteiger partial charge is 0.333 e. The summed E-state index contributed by atoms with van der Waals surface area (Å²) >= 11 is 3.51. The number of hydrogen-bond acceptors (Lipinski definition) is 3. The van der Waals surface area contributed by atoms with Gasteiger partial charge in [-0.1, -0.05) is 46.0 Å². The van der Waals surface area contributed by atoms with E-state index in [-0.39, 0.29) is 24.9 Å². The SMILES string of the molecule is CS(=O)N1Cc2cc(Br)ccc2N(C(=O)CN2CCCC2=O)C[C@H]1C#Cc1ccccc1. The second-order valence-corrected chi connectivity index (χ2v) is 10.1. The Balaban J connectivity index is 1.70. The van der Waals surface area contributed by atoms with Crippen molar-refractivity contribution in [3.63, 3.8) is 0 Å². The van der Waals surface area contributed by atoms with Gasteiger partial charge in [-0.25, -0.2) is 8.51 Å². The number of anilines is 1. The fourth-order valence-corrected chi connectivity index (χ4v) is 5.22. The van der Waals surface area contributed by atoms with Gasteiger partial charge in [-0.15, -0.1) is 0 Å². The number of carbonyl (C=O) groups is 2. The van der Waals surface area contributed by atoms with Crippen LogP contribution in [0.5, 0.6) is 0 Å². The highest BCUT2D eigenvalue weighted by Gasteiger charge is 2.33. The van der Waals surface area contributed by atoms with Crippen LogP contribution in [0.2, 0.25) is 0 Å². The topological polar surface area (TPSA) is 60.9 Å². The van der Waals surface area contributed by atoms with Crippen LogP contribution in [0.15, 0.2) is 53.0 Å². The summed E-state index contributed by atoms with van der Waals surface area (Å²) in [4.78, 5) is 28.8. The van der Waals surface area contributed by atoms with Crippen LogP contribution < -0.4 is 4.90 Å². The Morgan fingerprint density at radius 3 is 2.69 bits per heavy atom. The predicted octanol–water partition coefficient (Wildman–Crippen LogP) is 2.93. The van der Waals surface area contributed by atoms with E-state index in [9.17, 15) is 13.8 Å². The molecule has 1 fully saturated rings. The molecule has 0 bridgehead atoms. The van der Waals surface area contributed by atoms with Crippen molar-refractivity contribution < 1.29 is 13.8 Å². The molecule has 0 spiro atoms. The first-order chi connectivity index (χ1) is 15.4. The summed E-state index contributed by atoms with van der Waals surface area (Å²) in [6.07, 6.45) is 2.91. The molecule has 8 heteroatoms. The van der Waals surface area contributed by atoms with E-state index in [0.717, 1.165) is 27.7 Å². The fraction of sp³-hybridized carbons (Fsp3) is 0.333. The van der Waals surface area contributed by atoms with Gasteiger partial charge in [0, 0.05) is 41.5 Å². The summed E-state index contributed by atoms with van der Waals surface area (Å²) < 4.78 is 15.4. The number of rotatable bonds is 3. The standard InChI is InChI=1S/C24H24BrN3O3S/c1-32(31)28-15-19-14-20(25)10-12-22(19)27(24(30)17-26-13-5-8-23(26)29)16-21(28)11-9-18-6-3-2-4-7-18/h2-4,6-7,10,12,14,21H,5,8,13,15-17H2,1H3/t21-,32?/m1/s1. The van der Waals surface area contributed by atoms with Crippen LogP contribution in [-0.2, 0) is 27.1 Å². The van der Waals surface area contributed by atoms with E-state index in [1.54, 1.807) is 16.1 Å². The zero-order valence-corrected chi connectivity index (χ0v) is 20.2. The molecular weight excluding hydrogens is 490 g/mol. The molecule has 2 heterocycles. The van der Waals surface area contributed by atoms with Crippen molar-refractivity contribution in [3.8, 4) is 11.8 Å². The predicted molar refractivity (Wildman–Crippen MR) is 129 cm³/mol. The van der Waals surface area contributed by atoms with E-state index in [4.69, 9.17) is 0 Å². The maximum atomic E-state index is 13.4. The van der Waals surface area contributed by atoms with Gasteiger partial charge in [-0.2, -0.15) is 0 Å². The van der Waals surface area contributed by atoms with Crippen molar-refractivity contribution in [1.82, 2.24) is 9.21 Å². The summed E-state index contributed by atoms with van der Waals surface area (Å²) in [5.41, 5.74) is 2.52.